The van der Waals surface area contributed by atoms with E-state index in [1.165, 1.54) is 0 Å². The van der Waals surface area contributed by atoms with E-state index >= 15 is 0 Å². The highest BCUT2D eigenvalue weighted by Crippen LogP contribution is 2.09. The third kappa shape index (κ3) is 2.18. The van der Waals surface area contributed by atoms with Crippen LogP contribution >= 0.6 is 0 Å². The molecule has 15 heavy (non-hydrogen) atoms. The van der Waals surface area contributed by atoms with E-state index in [0.717, 1.165) is 36.4 Å². The minimum atomic E-state index is -0.960. The Hall–Kier alpha value is -1.35. The van der Waals surface area contributed by atoms with Crippen molar-refractivity contribution >= 4 is 5.97 Å². The van der Waals surface area contributed by atoms with Crippen LogP contribution in [0, 0.1) is 0 Å². The molecule has 1 atom stereocenters. The number of nitrogens with one attached hydrogen (secondary N) is 1. The Bertz CT molecular complexity index is 331. The van der Waals surface area contributed by atoms with E-state index in [0.29, 0.717) is 0 Å². The second-order valence-electron chi connectivity index (χ2n) is 4.03. The summed E-state index contributed by atoms with van der Waals surface area (Å²) in [7, 11) is 0. The number of hydrogen-bond acceptors (Lipinski definition) is 2. The second kappa shape index (κ2) is 4.45. The zero-order valence-electron chi connectivity index (χ0n) is 8.61. The fourth-order valence-corrected chi connectivity index (χ4v) is 2.30. The summed E-state index contributed by atoms with van der Waals surface area (Å²) in [5.41, 5.74) is 0.856. The van der Waals surface area contributed by atoms with Crippen LogP contribution < -0.4 is 10.0 Å². The van der Waals surface area contributed by atoms with E-state index in [1.807, 2.05) is 30.3 Å². The summed E-state index contributed by atoms with van der Waals surface area (Å²) in [6.07, 6.45) is 2.23. The van der Waals surface area contributed by atoms with Crippen molar-refractivity contribution in [1.82, 2.24) is 0 Å². The molecule has 0 spiro atoms. The molecule has 80 valence electrons. The molecule has 0 unspecified atom stereocenters. The van der Waals surface area contributed by atoms with Crippen LogP contribution in [0.5, 0.6) is 0 Å². The van der Waals surface area contributed by atoms with E-state index in [-0.39, 0.29) is 0 Å². The van der Waals surface area contributed by atoms with Gasteiger partial charge in [0.1, 0.15) is 5.97 Å². The van der Waals surface area contributed by atoms with Crippen molar-refractivity contribution in [3.63, 3.8) is 0 Å². The van der Waals surface area contributed by atoms with E-state index in [9.17, 15) is 9.90 Å². The molecule has 0 amide bonds. The van der Waals surface area contributed by atoms with Gasteiger partial charge in [0, 0.05) is 18.4 Å². The molecule has 0 aliphatic carbocycles. The summed E-state index contributed by atoms with van der Waals surface area (Å²) in [5, 5.41) is 11.2. The molecule has 1 N–H and O–H groups in total. The van der Waals surface area contributed by atoms with Gasteiger partial charge in [0.25, 0.3) is 0 Å². The number of carbonyl (C=O) groups is 1. The van der Waals surface area contributed by atoms with Gasteiger partial charge in [0.2, 0.25) is 0 Å². The molecule has 2 rings (SSSR count). The molecule has 1 saturated heterocycles. The first-order valence-corrected chi connectivity index (χ1v) is 5.39. The summed E-state index contributed by atoms with van der Waals surface area (Å²) in [5.74, 6) is -0.960. The fraction of sp³-hybridized carbons (Fsp3) is 0.417. The first-order chi connectivity index (χ1) is 7.29. The van der Waals surface area contributed by atoms with Crippen molar-refractivity contribution in [2.24, 2.45) is 0 Å². The van der Waals surface area contributed by atoms with Crippen LogP contribution in [0.2, 0.25) is 0 Å². The van der Waals surface area contributed by atoms with Crippen molar-refractivity contribution in [1.29, 1.82) is 0 Å². The predicted octanol–water partition coefficient (Wildman–Crippen LogP) is -0.844. The summed E-state index contributed by atoms with van der Waals surface area (Å²) in [4.78, 5) is 12.3. The molecular formula is C12H15NO2. The average molecular weight is 205 g/mol. The van der Waals surface area contributed by atoms with E-state index in [2.05, 4.69) is 0 Å². The van der Waals surface area contributed by atoms with Crippen LogP contribution in [-0.4, -0.2) is 19.1 Å². The number of benzene rings is 1. The molecule has 1 fully saturated rings. The number of quaternary nitrogens is 1. The molecule has 0 aromatic heterocycles. The molecule has 0 radical (unpaired) electrons. The standard InChI is InChI=1S/C12H15NO2/c14-12(15)11(13-8-4-5-9-13)10-6-2-1-3-7-10/h1-3,6-7,11H,4-5,8-9H2,(H,14,15)/t11-/m1/s1. The molecule has 1 aliphatic rings. The zero-order valence-corrected chi connectivity index (χ0v) is 8.61. The van der Waals surface area contributed by atoms with Gasteiger partial charge >= 0.3 is 0 Å². The normalized spacial score (nSPS) is 18.9. The molecule has 1 aromatic rings. The number of carbonyl (C=O) groups excluding carboxylic acids is 1. The van der Waals surface area contributed by atoms with E-state index in [1.54, 1.807) is 0 Å². The number of aliphatic carboxylic acids is 1. The minimum absolute atomic E-state index is 0.492. The van der Waals surface area contributed by atoms with Crippen LogP contribution in [0.1, 0.15) is 24.4 Å². The van der Waals surface area contributed by atoms with Crippen molar-refractivity contribution < 1.29 is 14.8 Å². The van der Waals surface area contributed by atoms with Crippen molar-refractivity contribution in [2.45, 2.75) is 18.9 Å². The van der Waals surface area contributed by atoms with Gasteiger partial charge in [0.05, 0.1) is 13.1 Å². The largest absolute Gasteiger partial charge is 0.544 e. The van der Waals surface area contributed by atoms with Crippen molar-refractivity contribution in [3.05, 3.63) is 35.9 Å². The molecule has 3 nitrogen and oxygen atoms in total. The van der Waals surface area contributed by atoms with Crippen LogP contribution in [0.25, 0.3) is 0 Å². The van der Waals surface area contributed by atoms with Crippen molar-refractivity contribution in [2.75, 3.05) is 13.1 Å². The quantitative estimate of drug-likeness (QED) is 0.699. The van der Waals surface area contributed by atoms with E-state index < -0.39 is 12.0 Å². The van der Waals surface area contributed by atoms with E-state index in [4.69, 9.17) is 0 Å². The van der Waals surface area contributed by atoms with Crippen molar-refractivity contribution in [3.8, 4) is 0 Å². The van der Waals surface area contributed by atoms with Gasteiger partial charge in [-0.2, -0.15) is 0 Å². The zero-order chi connectivity index (χ0) is 10.7. The Morgan fingerprint density at radius 3 is 2.33 bits per heavy atom. The summed E-state index contributed by atoms with van der Waals surface area (Å²) in [6, 6.07) is 8.89. The third-order valence-electron chi connectivity index (χ3n) is 3.02. The molecule has 0 bridgehead atoms. The maximum atomic E-state index is 11.2. The lowest BCUT2D eigenvalue weighted by molar-refractivity contribution is -0.912. The number of likely N-dealkylation sites (tertiary alicyclic amines) is 1. The van der Waals surface area contributed by atoms with Crippen LogP contribution in [0.15, 0.2) is 30.3 Å². The van der Waals surface area contributed by atoms with Crippen LogP contribution in [-0.2, 0) is 4.79 Å². The highest BCUT2D eigenvalue weighted by molar-refractivity contribution is 5.71. The SMILES string of the molecule is O=C([O-])[C@@H](c1ccccc1)[NH+]1CCCC1. The maximum Gasteiger partial charge on any atom is 0.153 e. The predicted molar refractivity (Wildman–Crippen MR) is 54.1 cm³/mol. The number of carboxylic acids is 1. The smallest absolute Gasteiger partial charge is 0.153 e. The Kier molecular flexibility index (Phi) is 3.02. The summed E-state index contributed by atoms with van der Waals surface area (Å²) in [6.45, 7) is 1.88. The van der Waals surface area contributed by atoms with Gasteiger partial charge in [-0.15, -0.1) is 0 Å². The fourth-order valence-electron chi connectivity index (χ4n) is 2.30. The van der Waals surface area contributed by atoms with Gasteiger partial charge < -0.3 is 14.8 Å². The first-order valence-electron chi connectivity index (χ1n) is 5.39. The highest BCUT2D eigenvalue weighted by atomic mass is 16.4. The average Bonchev–Trinajstić information content (AvgIpc) is 2.72. The Morgan fingerprint density at radius 2 is 1.80 bits per heavy atom. The lowest BCUT2D eigenvalue weighted by atomic mass is 10.1. The number of rotatable bonds is 3. The molecule has 1 heterocycles. The number of carboxylic acid groups (broad SMARTS) is 1. The molecule has 3 heteroatoms. The van der Waals surface area contributed by atoms with Gasteiger partial charge in [-0.3, -0.25) is 0 Å². The lowest BCUT2D eigenvalue weighted by Crippen LogP contribution is -3.11. The number of hydrogen-bond donors (Lipinski definition) is 1. The maximum absolute atomic E-state index is 11.2. The highest BCUT2D eigenvalue weighted by Gasteiger charge is 2.27. The van der Waals surface area contributed by atoms with Gasteiger partial charge in [0.15, 0.2) is 6.04 Å². The lowest BCUT2D eigenvalue weighted by Gasteiger charge is -2.25. The molecule has 1 aliphatic heterocycles. The molecular weight excluding hydrogens is 190 g/mol. The van der Waals surface area contributed by atoms with Crippen LogP contribution in [0.4, 0.5) is 0 Å². The van der Waals surface area contributed by atoms with Gasteiger partial charge in [-0.1, -0.05) is 30.3 Å². The van der Waals surface area contributed by atoms with Gasteiger partial charge in [-0.25, -0.2) is 0 Å². The monoisotopic (exact) mass is 205 g/mol. The Balaban J connectivity index is 2.23. The third-order valence-corrected chi connectivity index (χ3v) is 3.02. The summed E-state index contributed by atoms with van der Waals surface area (Å²) >= 11 is 0. The van der Waals surface area contributed by atoms with Gasteiger partial charge in [-0.05, 0) is 0 Å². The minimum Gasteiger partial charge on any atom is -0.544 e. The topological polar surface area (TPSA) is 44.6 Å². The second-order valence-corrected chi connectivity index (χ2v) is 4.03. The Morgan fingerprint density at radius 1 is 1.20 bits per heavy atom. The molecule has 1 aromatic carbocycles. The first kappa shape index (κ1) is 10.2. The summed E-state index contributed by atoms with van der Waals surface area (Å²) < 4.78 is 0. The molecule has 0 saturated carbocycles. The van der Waals surface area contributed by atoms with Crippen LogP contribution in [0.3, 0.4) is 0 Å². The Labute approximate surface area is 89.3 Å².